The normalized spacial score (nSPS) is 17.2. The van der Waals surface area contributed by atoms with Gasteiger partial charge in [0.25, 0.3) is 0 Å². The fourth-order valence-corrected chi connectivity index (χ4v) is 3.30. The van der Waals surface area contributed by atoms with Crippen molar-refractivity contribution in [1.29, 1.82) is 0 Å². The van der Waals surface area contributed by atoms with Gasteiger partial charge in [-0.05, 0) is 38.2 Å². The Bertz CT molecular complexity index is 681. The topological polar surface area (TPSA) is 55.6 Å². The van der Waals surface area contributed by atoms with Gasteiger partial charge in [-0.25, -0.2) is 9.78 Å². The molecule has 0 unspecified atom stereocenters. The SMILES string of the molecule is COC(=O)[C@@H]1CCCN1c1oc(CCCc2ccccc2)nc1C. The van der Waals surface area contributed by atoms with Crippen LogP contribution in [0, 0.1) is 6.92 Å². The van der Waals surface area contributed by atoms with E-state index in [0.29, 0.717) is 0 Å². The van der Waals surface area contributed by atoms with Crippen LogP contribution in [0.3, 0.4) is 0 Å². The van der Waals surface area contributed by atoms with E-state index in [9.17, 15) is 4.79 Å². The lowest BCUT2D eigenvalue weighted by Gasteiger charge is -2.22. The number of nitrogens with zero attached hydrogens (tertiary/aromatic N) is 2. The van der Waals surface area contributed by atoms with Crippen LogP contribution in [0.25, 0.3) is 0 Å². The zero-order valence-corrected chi connectivity index (χ0v) is 14.3. The molecule has 0 N–H and O–H groups in total. The van der Waals surface area contributed by atoms with Gasteiger partial charge in [-0.1, -0.05) is 30.3 Å². The summed E-state index contributed by atoms with van der Waals surface area (Å²) in [5, 5.41) is 0. The van der Waals surface area contributed by atoms with Gasteiger partial charge in [-0.3, -0.25) is 0 Å². The standard InChI is InChI=1S/C19H24N2O3/c1-14-18(21-13-7-11-16(21)19(22)23-2)24-17(20-14)12-6-10-15-8-4-3-5-9-15/h3-5,8-9,16H,6-7,10-13H2,1-2H3/t16-/m0/s1. The molecule has 0 saturated carbocycles. The molecule has 1 fully saturated rings. The maximum atomic E-state index is 11.9. The minimum atomic E-state index is -0.251. The van der Waals surface area contributed by atoms with Crippen LogP contribution in [0.1, 0.15) is 36.4 Å². The first-order valence-electron chi connectivity index (χ1n) is 8.53. The number of aryl methyl sites for hydroxylation is 3. The highest BCUT2D eigenvalue weighted by Gasteiger charge is 2.34. The lowest BCUT2D eigenvalue weighted by atomic mass is 10.1. The highest BCUT2D eigenvalue weighted by Crippen LogP contribution is 2.30. The number of hydrogen-bond donors (Lipinski definition) is 0. The molecule has 1 aliphatic heterocycles. The second-order valence-electron chi connectivity index (χ2n) is 6.21. The molecule has 128 valence electrons. The number of oxazole rings is 1. The summed E-state index contributed by atoms with van der Waals surface area (Å²) < 4.78 is 10.9. The molecule has 3 rings (SSSR count). The van der Waals surface area contributed by atoms with Crippen molar-refractivity contribution in [1.82, 2.24) is 4.98 Å². The second-order valence-corrected chi connectivity index (χ2v) is 6.21. The fraction of sp³-hybridized carbons (Fsp3) is 0.474. The number of esters is 1. The number of benzene rings is 1. The van der Waals surface area contributed by atoms with Crippen molar-refractivity contribution in [2.75, 3.05) is 18.6 Å². The van der Waals surface area contributed by atoms with E-state index in [1.807, 2.05) is 17.9 Å². The molecule has 2 aromatic rings. The summed E-state index contributed by atoms with van der Waals surface area (Å²) in [5.74, 6) is 1.26. The van der Waals surface area contributed by atoms with Crippen molar-refractivity contribution >= 4 is 11.9 Å². The maximum absolute atomic E-state index is 11.9. The van der Waals surface area contributed by atoms with Gasteiger partial charge in [0.15, 0.2) is 5.89 Å². The van der Waals surface area contributed by atoms with Gasteiger partial charge in [-0.15, -0.1) is 0 Å². The van der Waals surface area contributed by atoms with Crippen molar-refractivity contribution in [3.8, 4) is 0 Å². The summed E-state index contributed by atoms with van der Waals surface area (Å²) >= 11 is 0. The summed E-state index contributed by atoms with van der Waals surface area (Å²) in [5.41, 5.74) is 2.17. The van der Waals surface area contributed by atoms with Gasteiger partial charge in [0.1, 0.15) is 11.7 Å². The van der Waals surface area contributed by atoms with Gasteiger partial charge in [0.05, 0.1) is 7.11 Å². The van der Waals surface area contributed by atoms with Crippen LogP contribution in [0.4, 0.5) is 5.88 Å². The maximum Gasteiger partial charge on any atom is 0.328 e. The number of carbonyl (C=O) groups is 1. The van der Waals surface area contributed by atoms with Gasteiger partial charge >= 0.3 is 5.97 Å². The Balaban J connectivity index is 1.63. The third-order valence-corrected chi connectivity index (χ3v) is 4.50. The lowest BCUT2D eigenvalue weighted by Crippen LogP contribution is -2.37. The lowest BCUT2D eigenvalue weighted by molar-refractivity contribution is -0.142. The molecule has 0 amide bonds. The Hall–Kier alpha value is -2.30. The van der Waals surface area contributed by atoms with Crippen LogP contribution in [-0.4, -0.2) is 30.6 Å². The van der Waals surface area contributed by atoms with Crippen LogP contribution >= 0.6 is 0 Å². The van der Waals surface area contributed by atoms with Crippen LogP contribution < -0.4 is 4.90 Å². The van der Waals surface area contributed by atoms with Crippen molar-refractivity contribution in [2.24, 2.45) is 0 Å². The number of aromatic nitrogens is 1. The third kappa shape index (κ3) is 3.61. The molecule has 1 atom stereocenters. The monoisotopic (exact) mass is 328 g/mol. The highest BCUT2D eigenvalue weighted by atomic mass is 16.5. The molecule has 0 spiro atoms. The average Bonchev–Trinajstić information content (AvgIpc) is 3.21. The Labute approximate surface area is 142 Å². The molecule has 0 aliphatic carbocycles. The first-order chi connectivity index (χ1) is 11.7. The highest BCUT2D eigenvalue weighted by molar-refractivity contribution is 5.80. The number of methoxy groups -OCH3 is 1. The molecule has 5 nitrogen and oxygen atoms in total. The largest absolute Gasteiger partial charge is 0.467 e. The predicted molar refractivity (Wildman–Crippen MR) is 92.1 cm³/mol. The van der Waals surface area contributed by atoms with Crippen LogP contribution in [0.2, 0.25) is 0 Å². The molecule has 1 aromatic heterocycles. The summed E-state index contributed by atoms with van der Waals surface area (Å²) in [7, 11) is 1.43. The van der Waals surface area contributed by atoms with Crippen LogP contribution in [-0.2, 0) is 22.4 Å². The minimum Gasteiger partial charge on any atom is -0.467 e. The quantitative estimate of drug-likeness (QED) is 0.762. The van der Waals surface area contributed by atoms with Crippen molar-refractivity contribution in [2.45, 2.75) is 45.1 Å². The molecular formula is C19H24N2O3. The number of carbonyl (C=O) groups excluding carboxylic acids is 1. The molecule has 0 bridgehead atoms. The first-order valence-corrected chi connectivity index (χ1v) is 8.53. The molecule has 5 heteroatoms. The summed E-state index contributed by atoms with van der Waals surface area (Å²) in [6, 6.07) is 10.2. The third-order valence-electron chi connectivity index (χ3n) is 4.50. The molecular weight excluding hydrogens is 304 g/mol. The first kappa shape index (κ1) is 16.6. The smallest absolute Gasteiger partial charge is 0.328 e. The van der Waals surface area contributed by atoms with E-state index in [-0.39, 0.29) is 12.0 Å². The predicted octanol–water partition coefficient (Wildman–Crippen LogP) is 3.30. The van der Waals surface area contributed by atoms with Crippen molar-refractivity contribution < 1.29 is 13.9 Å². The zero-order valence-electron chi connectivity index (χ0n) is 14.3. The summed E-state index contributed by atoms with van der Waals surface area (Å²) in [6.07, 6.45) is 4.56. The van der Waals surface area contributed by atoms with E-state index in [4.69, 9.17) is 9.15 Å². The zero-order chi connectivity index (χ0) is 16.9. The molecule has 0 radical (unpaired) electrons. The van der Waals surface area contributed by atoms with Gasteiger partial charge in [0, 0.05) is 13.0 Å². The Morgan fingerprint density at radius 1 is 1.33 bits per heavy atom. The van der Waals surface area contributed by atoms with E-state index in [1.54, 1.807) is 0 Å². The van der Waals surface area contributed by atoms with Gasteiger partial charge in [-0.2, -0.15) is 0 Å². The van der Waals surface area contributed by atoms with Crippen molar-refractivity contribution in [3.63, 3.8) is 0 Å². The Morgan fingerprint density at radius 2 is 2.12 bits per heavy atom. The van der Waals surface area contributed by atoms with Gasteiger partial charge < -0.3 is 14.1 Å². The van der Waals surface area contributed by atoms with E-state index in [0.717, 1.165) is 56.1 Å². The summed E-state index contributed by atoms with van der Waals surface area (Å²) in [6.45, 7) is 2.74. The summed E-state index contributed by atoms with van der Waals surface area (Å²) in [4.78, 5) is 18.5. The van der Waals surface area contributed by atoms with Crippen molar-refractivity contribution in [3.05, 3.63) is 47.5 Å². The van der Waals surface area contributed by atoms with Crippen LogP contribution in [0.5, 0.6) is 0 Å². The van der Waals surface area contributed by atoms with E-state index >= 15 is 0 Å². The molecule has 2 heterocycles. The Morgan fingerprint density at radius 3 is 2.88 bits per heavy atom. The number of rotatable bonds is 6. The number of anilines is 1. The van der Waals surface area contributed by atoms with Crippen LogP contribution in [0.15, 0.2) is 34.7 Å². The second kappa shape index (κ2) is 7.51. The van der Waals surface area contributed by atoms with E-state index < -0.39 is 0 Å². The van der Waals surface area contributed by atoms with E-state index in [1.165, 1.54) is 12.7 Å². The molecule has 1 saturated heterocycles. The fourth-order valence-electron chi connectivity index (χ4n) is 3.30. The van der Waals surface area contributed by atoms with Gasteiger partial charge in [0.2, 0.25) is 5.88 Å². The average molecular weight is 328 g/mol. The molecule has 24 heavy (non-hydrogen) atoms. The molecule has 1 aliphatic rings. The minimum absolute atomic E-state index is 0.200. The van der Waals surface area contributed by atoms with E-state index in [2.05, 4.69) is 29.2 Å². The molecule has 1 aromatic carbocycles. The number of ether oxygens (including phenoxy) is 1. The number of hydrogen-bond acceptors (Lipinski definition) is 5. The Kier molecular flexibility index (Phi) is 5.18.